The second-order valence-corrected chi connectivity index (χ2v) is 7.35. The Balaban J connectivity index is 1.66. The van der Waals surface area contributed by atoms with E-state index >= 15 is 0 Å². The number of piperidine rings is 1. The molecule has 4 nitrogen and oxygen atoms in total. The summed E-state index contributed by atoms with van der Waals surface area (Å²) >= 11 is 5.96. The molecule has 0 spiro atoms. The van der Waals surface area contributed by atoms with Crippen molar-refractivity contribution in [2.24, 2.45) is 5.41 Å². The number of nitrogens with zero attached hydrogens (tertiary/aromatic N) is 2. The maximum Gasteiger partial charge on any atom is 0.161 e. The minimum absolute atomic E-state index is 0.0277. The number of aliphatic hydroxyl groups excluding tert-OH is 1. The molecule has 0 aliphatic carbocycles. The molecule has 132 valence electrons. The van der Waals surface area contributed by atoms with Gasteiger partial charge in [0, 0.05) is 41.9 Å². The molecule has 0 saturated carbocycles. The summed E-state index contributed by atoms with van der Waals surface area (Å²) in [4.78, 5) is 18.0. The molecule has 1 fully saturated rings. The lowest BCUT2D eigenvalue weighted by molar-refractivity contribution is 0.0961. The van der Waals surface area contributed by atoms with Crippen LogP contribution < -0.4 is 4.90 Å². The lowest BCUT2D eigenvalue weighted by atomic mass is 9.74. The fourth-order valence-electron chi connectivity index (χ4n) is 3.42. The quantitative estimate of drug-likeness (QED) is 0.827. The van der Waals surface area contributed by atoms with E-state index in [0.717, 1.165) is 43.2 Å². The number of hydrogen-bond acceptors (Lipinski definition) is 4. The Hall–Kier alpha value is -1.91. The Morgan fingerprint density at radius 2 is 1.88 bits per heavy atom. The van der Waals surface area contributed by atoms with Crippen LogP contribution in [0.3, 0.4) is 0 Å². The summed E-state index contributed by atoms with van der Waals surface area (Å²) in [5.74, 6) is 0.919. The molecule has 2 heterocycles. The molecule has 0 bridgehead atoms. The first-order chi connectivity index (χ1) is 12.0. The monoisotopic (exact) mass is 358 g/mol. The topological polar surface area (TPSA) is 53.4 Å². The summed E-state index contributed by atoms with van der Waals surface area (Å²) in [6, 6.07) is 11.6. The van der Waals surface area contributed by atoms with E-state index in [-0.39, 0.29) is 17.8 Å². The third-order valence-electron chi connectivity index (χ3n) is 5.13. The maximum absolute atomic E-state index is 11.4. The Bertz CT molecular complexity index is 720. The summed E-state index contributed by atoms with van der Waals surface area (Å²) in [5.41, 5.74) is 1.74. The molecule has 0 amide bonds. The van der Waals surface area contributed by atoms with E-state index in [2.05, 4.69) is 9.88 Å². The van der Waals surface area contributed by atoms with Crippen molar-refractivity contribution in [3.63, 3.8) is 0 Å². The van der Waals surface area contributed by atoms with Crippen LogP contribution in [-0.2, 0) is 6.42 Å². The van der Waals surface area contributed by atoms with E-state index in [1.54, 1.807) is 13.1 Å². The predicted molar refractivity (Wildman–Crippen MR) is 100 cm³/mol. The first kappa shape index (κ1) is 17.9. The number of carbonyl (C=O) groups is 1. The van der Waals surface area contributed by atoms with Crippen LogP contribution in [0.5, 0.6) is 0 Å². The minimum Gasteiger partial charge on any atom is -0.396 e. The Labute approximate surface area is 153 Å². The highest BCUT2D eigenvalue weighted by atomic mass is 35.5. The van der Waals surface area contributed by atoms with Crippen LogP contribution in [0.2, 0.25) is 5.02 Å². The smallest absolute Gasteiger partial charge is 0.161 e. The highest BCUT2D eigenvalue weighted by molar-refractivity contribution is 6.30. The normalized spacial score (nSPS) is 16.7. The van der Waals surface area contributed by atoms with Gasteiger partial charge in [0.05, 0.1) is 0 Å². The summed E-state index contributed by atoms with van der Waals surface area (Å²) in [6.45, 7) is 3.42. The van der Waals surface area contributed by atoms with Crippen molar-refractivity contribution in [3.05, 3.63) is 58.7 Å². The third kappa shape index (κ3) is 4.20. The zero-order valence-corrected chi connectivity index (χ0v) is 15.2. The van der Waals surface area contributed by atoms with Crippen molar-refractivity contribution in [1.82, 2.24) is 4.98 Å². The van der Waals surface area contributed by atoms with Crippen molar-refractivity contribution >= 4 is 23.2 Å². The number of ketones is 1. The summed E-state index contributed by atoms with van der Waals surface area (Å²) in [7, 11) is 0. The molecule has 2 aromatic rings. The van der Waals surface area contributed by atoms with E-state index in [1.165, 1.54) is 5.56 Å². The summed E-state index contributed by atoms with van der Waals surface area (Å²) < 4.78 is 0. The van der Waals surface area contributed by atoms with E-state index in [4.69, 9.17) is 11.6 Å². The molecule has 0 unspecified atom stereocenters. The van der Waals surface area contributed by atoms with Crippen LogP contribution in [0.25, 0.3) is 0 Å². The van der Waals surface area contributed by atoms with Crippen LogP contribution in [0, 0.1) is 5.41 Å². The van der Waals surface area contributed by atoms with Crippen LogP contribution in [0.15, 0.2) is 42.6 Å². The minimum atomic E-state index is -0.0936. The number of rotatable bonds is 5. The highest BCUT2D eigenvalue weighted by Crippen LogP contribution is 2.36. The second-order valence-electron chi connectivity index (χ2n) is 6.91. The van der Waals surface area contributed by atoms with Gasteiger partial charge in [0.1, 0.15) is 5.82 Å². The average Bonchev–Trinajstić information content (AvgIpc) is 2.64. The van der Waals surface area contributed by atoms with Gasteiger partial charge in [-0.25, -0.2) is 4.98 Å². The molecule has 25 heavy (non-hydrogen) atoms. The van der Waals surface area contributed by atoms with Gasteiger partial charge < -0.3 is 10.0 Å². The fraction of sp³-hybridized carbons (Fsp3) is 0.400. The van der Waals surface area contributed by atoms with Gasteiger partial charge in [0.2, 0.25) is 0 Å². The Morgan fingerprint density at radius 1 is 1.20 bits per heavy atom. The van der Waals surface area contributed by atoms with E-state index < -0.39 is 0 Å². The molecule has 1 aromatic heterocycles. The number of benzene rings is 1. The van der Waals surface area contributed by atoms with Gasteiger partial charge in [-0.1, -0.05) is 23.7 Å². The number of Topliss-reactive ketones (excluding diaryl/α,β-unsaturated/α-hetero) is 1. The molecular formula is C20H23ClN2O2. The van der Waals surface area contributed by atoms with E-state index in [0.29, 0.717) is 5.56 Å². The molecule has 0 radical (unpaired) electrons. The van der Waals surface area contributed by atoms with Crippen LogP contribution in [0.1, 0.15) is 35.7 Å². The van der Waals surface area contributed by atoms with Gasteiger partial charge in [-0.3, -0.25) is 4.79 Å². The zero-order chi connectivity index (χ0) is 17.9. The predicted octanol–water partition coefficient (Wildman–Crippen LogP) is 3.76. The fourth-order valence-corrected chi connectivity index (χ4v) is 3.54. The number of pyridine rings is 1. The van der Waals surface area contributed by atoms with E-state index in [9.17, 15) is 9.90 Å². The van der Waals surface area contributed by atoms with Gasteiger partial charge >= 0.3 is 0 Å². The molecule has 3 rings (SSSR count). The number of anilines is 1. The molecule has 5 heteroatoms. The third-order valence-corrected chi connectivity index (χ3v) is 5.38. The summed E-state index contributed by atoms with van der Waals surface area (Å²) in [5, 5.41) is 10.7. The zero-order valence-electron chi connectivity index (χ0n) is 14.4. The summed E-state index contributed by atoms with van der Waals surface area (Å²) in [6.07, 6.45) is 4.30. The van der Waals surface area contributed by atoms with Crippen LogP contribution in [-0.4, -0.2) is 35.6 Å². The van der Waals surface area contributed by atoms with Gasteiger partial charge in [-0.2, -0.15) is 0 Å². The van der Waals surface area contributed by atoms with Crippen molar-refractivity contribution < 1.29 is 9.90 Å². The molecular weight excluding hydrogens is 336 g/mol. The first-order valence-corrected chi connectivity index (χ1v) is 8.96. The number of hydrogen-bond donors (Lipinski definition) is 1. The van der Waals surface area contributed by atoms with Gasteiger partial charge in [-0.05, 0) is 56.0 Å². The number of aliphatic hydroxyl groups is 1. The molecule has 1 aliphatic rings. The molecule has 1 aromatic carbocycles. The lowest BCUT2D eigenvalue weighted by Gasteiger charge is -2.41. The first-order valence-electron chi connectivity index (χ1n) is 8.59. The Morgan fingerprint density at radius 3 is 2.40 bits per heavy atom. The van der Waals surface area contributed by atoms with Crippen LogP contribution >= 0.6 is 11.6 Å². The van der Waals surface area contributed by atoms with E-state index in [1.807, 2.05) is 36.4 Å². The lowest BCUT2D eigenvalue weighted by Crippen LogP contribution is -2.43. The Kier molecular flexibility index (Phi) is 5.40. The maximum atomic E-state index is 11.4. The number of halogens is 1. The molecule has 1 N–H and O–H groups in total. The number of carbonyl (C=O) groups excluding carboxylic acids is 1. The molecule has 1 saturated heterocycles. The molecule has 1 aliphatic heterocycles. The standard InChI is InChI=1S/C20H23ClN2O2/c1-15(25)17-4-7-19(22-13-17)23-10-8-20(14-24,9-11-23)12-16-2-5-18(21)6-3-16/h2-7,13,24H,8-12,14H2,1H3. The average molecular weight is 359 g/mol. The van der Waals surface area contributed by atoms with Gasteiger partial charge in [0.25, 0.3) is 0 Å². The van der Waals surface area contributed by atoms with Gasteiger partial charge in [0.15, 0.2) is 5.78 Å². The molecule has 0 atom stereocenters. The van der Waals surface area contributed by atoms with Crippen LogP contribution in [0.4, 0.5) is 5.82 Å². The van der Waals surface area contributed by atoms with Crippen molar-refractivity contribution in [2.45, 2.75) is 26.2 Å². The van der Waals surface area contributed by atoms with Gasteiger partial charge in [-0.15, -0.1) is 0 Å². The van der Waals surface area contributed by atoms with Crippen molar-refractivity contribution in [3.8, 4) is 0 Å². The van der Waals surface area contributed by atoms with Crippen molar-refractivity contribution in [2.75, 3.05) is 24.6 Å². The van der Waals surface area contributed by atoms with Crippen molar-refractivity contribution in [1.29, 1.82) is 0 Å². The SMILES string of the molecule is CC(=O)c1ccc(N2CCC(CO)(Cc3ccc(Cl)cc3)CC2)nc1. The second kappa shape index (κ2) is 7.54. The highest BCUT2D eigenvalue weighted by Gasteiger charge is 2.34. The number of aromatic nitrogens is 1. The largest absolute Gasteiger partial charge is 0.396 e.